The number of hydrogen-bond donors (Lipinski definition) is 1. The first-order valence-electron chi connectivity index (χ1n) is 9.24. The molecular weight excluding hydrogens is 320 g/mol. The van der Waals surface area contributed by atoms with Gasteiger partial charge in [0.15, 0.2) is 0 Å². The van der Waals surface area contributed by atoms with Gasteiger partial charge in [0.25, 0.3) is 0 Å². The molecule has 3 rings (SSSR count). The summed E-state index contributed by atoms with van der Waals surface area (Å²) in [5, 5.41) is 11.4. The monoisotopic (exact) mass is 348 g/mol. The Morgan fingerprint density at radius 2 is 1.65 bits per heavy atom. The van der Waals surface area contributed by atoms with Crippen LogP contribution in [0.15, 0.2) is 60.7 Å². The smallest absolute Gasteiger partial charge is 0.0738 e. The van der Waals surface area contributed by atoms with E-state index in [4.69, 9.17) is 4.98 Å². The van der Waals surface area contributed by atoms with Crippen molar-refractivity contribution in [1.29, 1.82) is 0 Å². The van der Waals surface area contributed by atoms with E-state index in [0.717, 1.165) is 35.1 Å². The number of fused-ring (bicyclic) bond motifs is 1. The van der Waals surface area contributed by atoms with Gasteiger partial charge in [-0.05, 0) is 51.3 Å². The Hall–Kier alpha value is -2.39. The van der Waals surface area contributed by atoms with E-state index < -0.39 is 6.10 Å². The van der Waals surface area contributed by atoms with Crippen LogP contribution in [0, 0.1) is 0 Å². The number of rotatable bonds is 6. The molecule has 0 radical (unpaired) electrons. The molecule has 1 atom stereocenters. The van der Waals surface area contributed by atoms with Gasteiger partial charge in [-0.1, -0.05) is 48.5 Å². The Morgan fingerprint density at radius 3 is 2.35 bits per heavy atom. The standard InChI is InChI=1S/C23H28N2O/c1-17(26)23(2,3)25(4)22-16-19(15-14-18-10-6-5-7-11-18)24-21-13-9-8-12-20(21)22/h5-13,16-17,26H,14-15H2,1-4H3. The highest BCUT2D eigenvalue weighted by Gasteiger charge is 2.30. The molecule has 0 aliphatic rings. The number of aromatic nitrogens is 1. The molecule has 0 aliphatic carbocycles. The summed E-state index contributed by atoms with van der Waals surface area (Å²) in [6, 6.07) is 20.9. The number of aliphatic hydroxyl groups excluding tert-OH is 1. The maximum Gasteiger partial charge on any atom is 0.0738 e. The van der Waals surface area contributed by atoms with Crippen molar-refractivity contribution in [3.05, 3.63) is 71.9 Å². The van der Waals surface area contributed by atoms with Crippen LogP contribution in [0.5, 0.6) is 0 Å². The van der Waals surface area contributed by atoms with E-state index in [0.29, 0.717) is 0 Å². The van der Waals surface area contributed by atoms with Crippen molar-refractivity contribution in [2.45, 2.75) is 45.3 Å². The number of aryl methyl sites for hydroxylation is 2. The molecule has 3 aromatic rings. The molecule has 1 N–H and O–H groups in total. The summed E-state index contributed by atoms with van der Waals surface area (Å²) in [5.74, 6) is 0. The van der Waals surface area contributed by atoms with Crippen molar-refractivity contribution in [2.24, 2.45) is 0 Å². The molecule has 1 aromatic heterocycles. The third kappa shape index (κ3) is 3.73. The Labute approximate surface area is 156 Å². The lowest BCUT2D eigenvalue weighted by Crippen LogP contribution is -2.49. The van der Waals surface area contributed by atoms with E-state index in [-0.39, 0.29) is 5.54 Å². The zero-order chi connectivity index (χ0) is 18.7. The maximum atomic E-state index is 10.2. The van der Waals surface area contributed by atoms with Crippen molar-refractivity contribution in [3.63, 3.8) is 0 Å². The molecule has 0 aliphatic heterocycles. The maximum absolute atomic E-state index is 10.2. The molecule has 1 unspecified atom stereocenters. The summed E-state index contributed by atoms with van der Waals surface area (Å²) >= 11 is 0. The Kier molecular flexibility index (Phi) is 5.28. The van der Waals surface area contributed by atoms with Crippen LogP contribution in [-0.4, -0.2) is 28.8 Å². The van der Waals surface area contributed by atoms with Crippen LogP contribution in [0.25, 0.3) is 10.9 Å². The molecule has 0 spiro atoms. The van der Waals surface area contributed by atoms with E-state index in [1.165, 1.54) is 5.56 Å². The summed E-state index contributed by atoms with van der Waals surface area (Å²) in [4.78, 5) is 7.05. The number of likely N-dealkylation sites (N-methyl/N-ethyl adjacent to an activating group) is 1. The molecule has 3 heteroatoms. The quantitative estimate of drug-likeness (QED) is 0.706. The minimum atomic E-state index is -0.452. The first-order valence-corrected chi connectivity index (χ1v) is 9.24. The van der Waals surface area contributed by atoms with Gasteiger partial charge in [-0.15, -0.1) is 0 Å². The number of anilines is 1. The highest BCUT2D eigenvalue weighted by Crippen LogP contribution is 2.32. The van der Waals surface area contributed by atoms with Crippen LogP contribution < -0.4 is 4.90 Å². The molecule has 2 aromatic carbocycles. The summed E-state index contributed by atoms with van der Waals surface area (Å²) in [6.07, 6.45) is 1.41. The van der Waals surface area contributed by atoms with E-state index in [9.17, 15) is 5.11 Å². The fourth-order valence-electron chi connectivity index (χ4n) is 3.12. The predicted octanol–water partition coefficient (Wildman–Crippen LogP) is 4.62. The fourth-order valence-corrected chi connectivity index (χ4v) is 3.12. The largest absolute Gasteiger partial charge is 0.391 e. The number of pyridine rings is 1. The molecule has 26 heavy (non-hydrogen) atoms. The second-order valence-electron chi connectivity index (χ2n) is 7.52. The number of aliphatic hydroxyl groups is 1. The topological polar surface area (TPSA) is 36.4 Å². The molecular formula is C23H28N2O. The first-order chi connectivity index (χ1) is 12.4. The van der Waals surface area contributed by atoms with Crippen molar-refractivity contribution >= 4 is 16.6 Å². The van der Waals surface area contributed by atoms with Crippen LogP contribution in [0.3, 0.4) is 0 Å². The average molecular weight is 348 g/mol. The van der Waals surface area contributed by atoms with Crippen molar-refractivity contribution in [1.82, 2.24) is 4.98 Å². The van der Waals surface area contributed by atoms with Crippen molar-refractivity contribution < 1.29 is 5.11 Å². The van der Waals surface area contributed by atoms with Crippen LogP contribution in [0.4, 0.5) is 5.69 Å². The van der Waals surface area contributed by atoms with Crippen molar-refractivity contribution in [2.75, 3.05) is 11.9 Å². The highest BCUT2D eigenvalue weighted by molar-refractivity contribution is 5.92. The Bertz CT molecular complexity index is 872. The van der Waals surface area contributed by atoms with Crippen LogP contribution in [-0.2, 0) is 12.8 Å². The third-order valence-corrected chi connectivity index (χ3v) is 5.51. The van der Waals surface area contributed by atoms with Gasteiger partial charge in [0.1, 0.15) is 0 Å². The molecule has 0 saturated heterocycles. The lowest BCUT2D eigenvalue weighted by atomic mass is 9.95. The first kappa shape index (κ1) is 18.4. The SMILES string of the molecule is CC(O)C(C)(C)N(C)c1cc(CCc2ccccc2)nc2ccccc12. The van der Waals surface area contributed by atoms with Gasteiger partial charge in [0.05, 0.1) is 17.2 Å². The van der Waals surface area contributed by atoms with Crippen molar-refractivity contribution in [3.8, 4) is 0 Å². The average Bonchev–Trinajstić information content (AvgIpc) is 2.65. The zero-order valence-electron chi connectivity index (χ0n) is 16.1. The number of hydrogen-bond acceptors (Lipinski definition) is 3. The minimum Gasteiger partial charge on any atom is -0.391 e. The molecule has 3 nitrogen and oxygen atoms in total. The van der Waals surface area contributed by atoms with E-state index >= 15 is 0 Å². The van der Waals surface area contributed by atoms with Gasteiger partial charge in [-0.25, -0.2) is 0 Å². The normalized spacial score (nSPS) is 13.0. The number of nitrogens with zero attached hydrogens (tertiary/aromatic N) is 2. The molecule has 0 amide bonds. The molecule has 0 bridgehead atoms. The second-order valence-corrected chi connectivity index (χ2v) is 7.52. The molecule has 0 saturated carbocycles. The Balaban J connectivity index is 1.99. The van der Waals surface area contributed by atoms with E-state index in [1.807, 2.05) is 25.1 Å². The predicted molar refractivity (Wildman–Crippen MR) is 110 cm³/mol. The molecule has 1 heterocycles. The van der Waals surface area contributed by atoms with E-state index in [2.05, 4.69) is 68.3 Å². The van der Waals surface area contributed by atoms with Gasteiger partial charge >= 0.3 is 0 Å². The minimum absolute atomic E-state index is 0.374. The van der Waals surface area contributed by atoms with Crippen LogP contribution in [0.1, 0.15) is 32.0 Å². The van der Waals surface area contributed by atoms with Gasteiger partial charge < -0.3 is 10.0 Å². The second kappa shape index (κ2) is 7.46. The lowest BCUT2D eigenvalue weighted by Gasteiger charge is -2.40. The summed E-state index contributed by atoms with van der Waals surface area (Å²) in [7, 11) is 2.05. The van der Waals surface area contributed by atoms with Crippen LogP contribution in [0.2, 0.25) is 0 Å². The van der Waals surface area contributed by atoms with Gasteiger partial charge in [-0.2, -0.15) is 0 Å². The Morgan fingerprint density at radius 1 is 1.00 bits per heavy atom. The van der Waals surface area contributed by atoms with Crippen LogP contribution >= 0.6 is 0 Å². The third-order valence-electron chi connectivity index (χ3n) is 5.51. The summed E-state index contributed by atoms with van der Waals surface area (Å²) in [6.45, 7) is 5.98. The number of para-hydroxylation sites is 1. The lowest BCUT2D eigenvalue weighted by molar-refractivity contribution is 0.118. The molecule has 136 valence electrons. The summed E-state index contributed by atoms with van der Waals surface area (Å²) in [5.41, 5.74) is 4.14. The molecule has 0 fully saturated rings. The zero-order valence-corrected chi connectivity index (χ0v) is 16.1. The summed E-state index contributed by atoms with van der Waals surface area (Å²) < 4.78 is 0. The van der Waals surface area contributed by atoms with E-state index in [1.54, 1.807) is 0 Å². The highest BCUT2D eigenvalue weighted by atomic mass is 16.3. The fraction of sp³-hybridized carbons (Fsp3) is 0.348. The van der Waals surface area contributed by atoms with Gasteiger partial charge in [-0.3, -0.25) is 4.98 Å². The van der Waals surface area contributed by atoms with Gasteiger partial charge in [0, 0.05) is 23.8 Å². The van der Waals surface area contributed by atoms with Gasteiger partial charge in [0.2, 0.25) is 0 Å². The number of benzene rings is 2.